The molecule has 0 aliphatic heterocycles. The Morgan fingerprint density at radius 2 is 2.29 bits per heavy atom. The standard InChI is InChI=1S/C9H12N2O2S/c1-6-2-3-7(8(10)14)9(13)11(6)4-5-12/h2-3,12H,4-5H2,1H3,(H2,10,14). The molecule has 0 atom stereocenters. The van der Waals surface area contributed by atoms with Gasteiger partial charge in [0.1, 0.15) is 4.99 Å². The molecule has 0 aliphatic carbocycles. The molecule has 0 aliphatic rings. The van der Waals surface area contributed by atoms with E-state index in [-0.39, 0.29) is 23.7 Å². The third kappa shape index (κ3) is 2.00. The van der Waals surface area contributed by atoms with Crippen LogP contribution in [0.1, 0.15) is 11.3 Å². The number of aliphatic hydroxyl groups excluding tert-OH is 1. The highest BCUT2D eigenvalue weighted by Crippen LogP contribution is 1.98. The van der Waals surface area contributed by atoms with Gasteiger partial charge >= 0.3 is 0 Å². The Kier molecular flexibility index (Phi) is 3.38. The summed E-state index contributed by atoms with van der Waals surface area (Å²) in [7, 11) is 0. The highest BCUT2D eigenvalue weighted by atomic mass is 32.1. The van der Waals surface area contributed by atoms with E-state index in [1.807, 2.05) is 0 Å². The lowest BCUT2D eigenvalue weighted by Gasteiger charge is -2.09. The number of aryl methyl sites for hydroxylation is 1. The Morgan fingerprint density at radius 3 is 2.79 bits per heavy atom. The maximum atomic E-state index is 11.7. The molecule has 0 amide bonds. The van der Waals surface area contributed by atoms with Crippen molar-refractivity contribution >= 4 is 17.2 Å². The summed E-state index contributed by atoms with van der Waals surface area (Å²) in [5, 5.41) is 8.77. The third-order valence-electron chi connectivity index (χ3n) is 1.98. The number of hydrogen-bond donors (Lipinski definition) is 2. The molecular weight excluding hydrogens is 200 g/mol. The van der Waals surface area contributed by atoms with Gasteiger partial charge in [-0.15, -0.1) is 0 Å². The average molecular weight is 212 g/mol. The lowest BCUT2D eigenvalue weighted by atomic mass is 10.2. The van der Waals surface area contributed by atoms with Crippen molar-refractivity contribution in [3.63, 3.8) is 0 Å². The normalized spacial score (nSPS) is 10.1. The Balaban J connectivity index is 3.34. The van der Waals surface area contributed by atoms with Crippen molar-refractivity contribution < 1.29 is 5.11 Å². The number of thiocarbonyl (C=S) groups is 1. The van der Waals surface area contributed by atoms with Crippen LogP contribution in [0.3, 0.4) is 0 Å². The molecule has 0 unspecified atom stereocenters. The van der Waals surface area contributed by atoms with Gasteiger partial charge in [0.2, 0.25) is 0 Å². The fraction of sp³-hybridized carbons (Fsp3) is 0.333. The molecule has 76 valence electrons. The molecule has 0 aromatic carbocycles. The zero-order valence-electron chi connectivity index (χ0n) is 7.86. The maximum Gasteiger partial charge on any atom is 0.261 e. The smallest absolute Gasteiger partial charge is 0.261 e. The van der Waals surface area contributed by atoms with E-state index in [1.54, 1.807) is 19.1 Å². The number of aromatic nitrogens is 1. The molecule has 1 aromatic heterocycles. The average Bonchev–Trinajstić information content (AvgIpc) is 2.11. The zero-order chi connectivity index (χ0) is 10.7. The van der Waals surface area contributed by atoms with Crippen LogP contribution in [-0.2, 0) is 6.54 Å². The van der Waals surface area contributed by atoms with Crippen LogP contribution >= 0.6 is 12.2 Å². The van der Waals surface area contributed by atoms with E-state index < -0.39 is 0 Å². The number of pyridine rings is 1. The topological polar surface area (TPSA) is 68.2 Å². The highest BCUT2D eigenvalue weighted by Gasteiger charge is 2.07. The molecule has 4 nitrogen and oxygen atoms in total. The Morgan fingerprint density at radius 1 is 1.64 bits per heavy atom. The molecule has 0 spiro atoms. The van der Waals surface area contributed by atoms with E-state index in [4.69, 9.17) is 23.1 Å². The minimum atomic E-state index is -0.244. The van der Waals surface area contributed by atoms with Crippen molar-refractivity contribution in [2.75, 3.05) is 6.61 Å². The van der Waals surface area contributed by atoms with Gasteiger partial charge in [-0.05, 0) is 19.1 Å². The summed E-state index contributed by atoms with van der Waals surface area (Å²) in [4.78, 5) is 11.8. The van der Waals surface area contributed by atoms with Crippen LogP contribution in [0.4, 0.5) is 0 Å². The van der Waals surface area contributed by atoms with E-state index in [2.05, 4.69) is 0 Å². The summed E-state index contributed by atoms with van der Waals surface area (Å²) in [5.41, 5.74) is 6.24. The van der Waals surface area contributed by atoms with Gasteiger partial charge in [-0.1, -0.05) is 12.2 Å². The Hall–Kier alpha value is -1.20. The molecule has 0 saturated carbocycles. The summed E-state index contributed by atoms with van der Waals surface area (Å²) in [6.07, 6.45) is 0. The first-order valence-electron chi connectivity index (χ1n) is 4.19. The minimum absolute atomic E-state index is 0.0818. The molecule has 0 radical (unpaired) electrons. The maximum absolute atomic E-state index is 11.7. The van der Waals surface area contributed by atoms with Gasteiger partial charge in [-0.2, -0.15) is 0 Å². The summed E-state index contributed by atoms with van der Waals surface area (Å²) >= 11 is 4.74. The number of nitrogens with two attached hydrogens (primary N) is 1. The minimum Gasteiger partial charge on any atom is -0.395 e. The van der Waals surface area contributed by atoms with Gasteiger partial charge < -0.3 is 15.4 Å². The number of rotatable bonds is 3. The molecule has 0 bridgehead atoms. The molecule has 1 rings (SSSR count). The monoisotopic (exact) mass is 212 g/mol. The fourth-order valence-electron chi connectivity index (χ4n) is 1.24. The second-order valence-corrected chi connectivity index (χ2v) is 3.37. The molecule has 0 saturated heterocycles. The molecule has 0 fully saturated rings. The first-order chi connectivity index (χ1) is 6.57. The SMILES string of the molecule is Cc1ccc(C(N)=S)c(=O)n1CCO. The van der Waals surface area contributed by atoms with Crippen LogP contribution in [0.15, 0.2) is 16.9 Å². The first-order valence-corrected chi connectivity index (χ1v) is 4.60. The van der Waals surface area contributed by atoms with Crippen LogP contribution in [0.2, 0.25) is 0 Å². The predicted octanol–water partition coefficient (Wildman–Crippen LogP) is -0.217. The molecule has 14 heavy (non-hydrogen) atoms. The summed E-state index contributed by atoms with van der Waals surface area (Å²) < 4.78 is 1.45. The van der Waals surface area contributed by atoms with Crippen molar-refractivity contribution in [3.05, 3.63) is 33.7 Å². The Labute approximate surface area is 87.0 Å². The van der Waals surface area contributed by atoms with Crippen LogP contribution < -0.4 is 11.3 Å². The van der Waals surface area contributed by atoms with Gasteiger partial charge in [0.05, 0.1) is 12.2 Å². The van der Waals surface area contributed by atoms with Crippen LogP contribution in [0.5, 0.6) is 0 Å². The van der Waals surface area contributed by atoms with E-state index in [9.17, 15) is 4.79 Å². The van der Waals surface area contributed by atoms with E-state index in [0.717, 1.165) is 5.69 Å². The largest absolute Gasteiger partial charge is 0.395 e. The van der Waals surface area contributed by atoms with Gasteiger partial charge in [0.15, 0.2) is 0 Å². The number of aliphatic hydroxyl groups is 1. The number of hydrogen-bond acceptors (Lipinski definition) is 3. The van der Waals surface area contributed by atoms with Crippen molar-refractivity contribution in [1.82, 2.24) is 4.57 Å². The van der Waals surface area contributed by atoms with Gasteiger partial charge in [-0.25, -0.2) is 0 Å². The van der Waals surface area contributed by atoms with E-state index in [0.29, 0.717) is 5.56 Å². The van der Waals surface area contributed by atoms with E-state index in [1.165, 1.54) is 4.57 Å². The van der Waals surface area contributed by atoms with Gasteiger partial charge in [-0.3, -0.25) is 4.79 Å². The summed E-state index contributed by atoms with van der Waals surface area (Å²) in [5.74, 6) is 0. The zero-order valence-corrected chi connectivity index (χ0v) is 8.67. The molecule has 5 heteroatoms. The van der Waals surface area contributed by atoms with Crippen LogP contribution in [-0.4, -0.2) is 21.3 Å². The lowest BCUT2D eigenvalue weighted by molar-refractivity contribution is 0.273. The van der Waals surface area contributed by atoms with Crippen molar-refractivity contribution in [2.45, 2.75) is 13.5 Å². The van der Waals surface area contributed by atoms with E-state index >= 15 is 0 Å². The second kappa shape index (κ2) is 4.34. The fourth-order valence-corrected chi connectivity index (χ4v) is 1.39. The third-order valence-corrected chi connectivity index (χ3v) is 2.20. The molecule has 1 heterocycles. The van der Waals surface area contributed by atoms with Crippen LogP contribution in [0, 0.1) is 6.92 Å². The highest BCUT2D eigenvalue weighted by molar-refractivity contribution is 7.80. The van der Waals surface area contributed by atoms with Crippen molar-refractivity contribution in [3.8, 4) is 0 Å². The van der Waals surface area contributed by atoms with Crippen LogP contribution in [0.25, 0.3) is 0 Å². The predicted molar refractivity (Wildman–Crippen MR) is 58.4 cm³/mol. The summed E-state index contributed by atoms with van der Waals surface area (Å²) in [6, 6.07) is 3.36. The first kappa shape index (κ1) is 10.9. The quantitative estimate of drug-likeness (QED) is 0.680. The Bertz CT molecular complexity index is 412. The molecule has 1 aromatic rings. The summed E-state index contributed by atoms with van der Waals surface area (Å²) in [6.45, 7) is 1.98. The van der Waals surface area contributed by atoms with Gasteiger partial charge in [0, 0.05) is 12.2 Å². The molecular formula is C9H12N2O2S. The van der Waals surface area contributed by atoms with Gasteiger partial charge in [0.25, 0.3) is 5.56 Å². The lowest BCUT2D eigenvalue weighted by Crippen LogP contribution is -2.31. The van der Waals surface area contributed by atoms with Crippen molar-refractivity contribution in [1.29, 1.82) is 0 Å². The second-order valence-electron chi connectivity index (χ2n) is 2.93. The number of nitrogens with zero attached hydrogens (tertiary/aromatic N) is 1. The molecule has 3 N–H and O–H groups in total. The van der Waals surface area contributed by atoms with Crippen molar-refractivity contribution in [2.24, 2.45) is 5.73 Å².